The predicted molar refractivity (Wildman–Crippen MR) is 123 cm³/mol. The van der Waals surface area contributed by atoms with Crippen LogP contribution in [0.2, 0.25) is 0 Å². The first kappa shape index (κ1) is 26.7. The summed E-state index contributed by atoms with van der Waals surface area (Å²) in [6.45, 7) is -0.877. The highest BCUT2D eigenvalue weighted by Gasteiger charge is 2.17. The fourth-order valence-electron chi connectivity index (χ4n) is 2.75. The minimum absolute atomic E-state index is 0.155. The number of nitrogens with one attached hydrogen (secondary N) is 2. The van der Waals surface area contributed by atoms with Crippen molar-refractivity contribution in [2.45, 2.75) is 0 Å². The minimum atomic E-state index is -4.80. The monoisotopic (exact) mass is 496 g/mol. The molecular formula is C21H25N2O10P. The van der Waals surface area contributed by atoms with Gasteiger partial charge in [-0.05, 0) is 24.3 Å². The van der Waals surface area contributed by atoms with Crippen LogP contribution in [-0.2, 0) is 18.7 Å². The Kier molecular flexibility index (Phi) is 9.46. The lowest BCUT2D eigenvalue weighted by molar-refractivity contribution is -0.118. The molecule has 12 nitrogen and oxygen atoms in total. The molecule has 0 saturated heterocycles. The molecule has 0 heterocycles. The van der Waals surface area contributed by atoms with Crippen molar-refractivity contribution in [1.82, 2.24) is 0 Å². The average Bonchev–Trinajstić information content (AvgIpc) is 2.80. The van der Waals surface area contributed by atoms with Crippen molar-refractivity contribution < 1.29 is 47.4 Å². The lowest BCUT2D eigenvalue weighted by atomic mass is 10.1. The fraction of sp³-hybridized carbons (Fsp3) is 0.238. The van der Waals surface area contributed by atoms with E-state index >= 15 is 0 Å². The van der Waals surface area contributed by atoms with Gasteiger partial charge < -0.3 is 39.4 Å². The van der Waals surface area contributed by atoms with E-state index in [-0.39, 0.29) is 11.4 Å². The number of benzene rings is 2. The van der Waals surface area contributed by atoms with Crippen LogP contribution in [0, 0.1) is 0 Å². The summed E-state index contributed by atoms with van der Waals surface area (Å²) in [7, 11) is 1.02. The number of phosphoric ester groups is 1. The van der Waals surface area contributed by atoms with Gasteiger partial charge in [-0.2, -0.15) is 0 Å². The Bertz CT molecular complexity index is 1090. The zero-order valence-electron chi connectivity index (χ0n) is 18.9. The molecule has 13 heteroatoms. The van der Waals surface area contributed by atoms with Crippen LogP contribution in [0.1, 0.15) is 5.56 Å². The first-order valence-corrected chi connectivity index (χ1v) is 11.1. The molecule has 0 bridgehead atoms. The van der Waals surface area contributed by atoms with Crippen molar-refractivity contribution in [3.05, 3.63) is 42.0 Å². The summed E-state index contributed by atoms with van der Waals surface area (Å²) in [5.74, 6) is 0.329. The van der Waals surface area contributed by atoms with Gasteiger partial charge in [-0.3, -0.25) is 14.1 Å². The maximum Gasteiger partial charge on any atom is 0.470 e. The standard InChI is InChI=1S/C21H25N2O10P/c1-29-14-10-18(31-3)15(19(11-14)32-4)6-8-20(24)22-13-5-7-17(30-2)16(9-13)23-21(25)12-33-34(26,27)28/h5-11H,12H2,1-4H3,(H,22,24)(H,23,25)(H2,26,27,28). The number of carbonyl (C=O) groups is 2. The van der Waals surface area contributed by atoms with Crippen molar-refractivity contribution in [3.63, 3.8) is 0 Å². The van der Waals surface area contributed by atoms with Gasteiger partial charge in [0.1, 0.15) is 29.6 Å². The Labute approximate surface area is 195 Å². The molecule has 0 atom stereocenters. The third-order valence-electron chi connectivity index (χ3n) is 4.26. The summed E-state index contributed by atoms with van der Waals surface area (Å²) in [4.78, 5) is 41.8. The molecule has 34 heavy (non-hydrogen) atoms. The maximum absolute atomic E-state index is 12.5. The van der Waals surface area contributed by atoms with E-state index in [1.54, 1.807) is 18.2 Å². The zero-order valence-corrected chi connectivity index (χ0v) is 19.8. The summed E-state index contributed by atoms with van der Waals surface area (Å²) >= 11 is 0. The second-order valence-electron chi connectivity index (χ2n) is 6.50. The Hall–Kier alpha value is -3.57. The Morgan fingerprint density at radius 2 is 1.53 bits per heavy atom. The van der Waals surface area contributed by atoms with Crippen LogP contribution >= 0.6 is 7.82 Å². The molecule has 4 N–H and O–H groups in total. The summed E-state index contributed by atoms with van der Waals surface area (Å²) in [6, 6.07) is 7.74. The van der Waals surface area contributed by atoms with Gasteiger partial charge in [0.05, 0.1) is 39.7 Å². The summed E-state index contributed by atoms with van der Waals surface area (Å²) in [6.07, 6.45) is 2.78. The lowest BCUT2D eigenvalue weighted by Gasteiger charge is -2.13. The van der Waals surface area contributed by atoms with Crippen LogP contribution in [0.3, 0.4) is 0 Å². The third kappa shape index (κ3) is 7.78. The van der Waals surface area contributed by atoms with Crippen LogP contribution in [-0.4, -0.2) is 56.6 Å². The van der Waals surface area contributed by atoms with Gasteiger partial charge in [-0.15, -0.1) is 0 Å². The van der Waals surface area contributed by atoms with E-state index in [1.165, 1.54) is 52.7 Å². The van der Waals surface area contributed by atoms with Crippen LogP contribution in [0.25, 0.3) is 6.08 Å². The van der Waals surface area contributed by atoms with Crippen LogP contribution in [0.5, 0.6) is 23.0 Å². The van der Waals surface area contributed by atoms with E-state index in [1.807, 2.05) is 0 Å². The fourth-order valence-corrected chi connectivity index (χ4v) is 3.04. The summed E-state index contributed by atoms with van der Waals surface area (Å²) < 4.78 is 36.0. The van der Waals surface area contributed by atoms with Gasteiger partial charge in [0.25, 0.3) is 5.91 Å². The lowest BCUT2D eigenvalue weighted by Crippen LogP contribution is -2.18. The van der Waals surface area contributed by atoms with Crippen molar-refractivity contribution in [2.75, 3.05) is 45.7 Å². The van der Waals surface area contributed by atoms with Gasteiger partial charge in [0, 0.05) is 23.9 Å². The maximum atomic E-state index is 12.5. The first-order chi connectivity index (χ1) is 16.1. The number of anilines is 2. The van der Waals surface area contributed by atoms with Crippen molar-refractivity contribution in [3.8, 4) is 23.0 Å². The van der Waals surface area contributed by atoms with Crippen molar-refractivity contribution in [2.24, 2.45) is 0 Å². The molecule has 0 fully saturated rings. The molecule has 2 amide bonds. The number of hydrogen-bond acceptors (Lipinski definition) is 8. The van der Waals surface area contributed by atoms with Crippen molar-refractivity contribution >= 4 is 37.1 Å². The van der Waals surface area contributed by atoms with E-state index in [2.05, 4.69) is 15.2 Å². The van der Waals surface area contributed by atoms with E-state index < -0.39 is 26.2 Å². The normalized spacial score (nSPS) is 11.1. The minimum Gasteiger partial charge on any atom is -0.496 e. The number of hydrogen-bond donors (Lipinski definition) is 4. The summed E-state index contributed by atoms with van der Waals surface area (Å²) in [5, 5.41) is 5.04. The molecule has 184 valence electrons. The van der Waals surface area contributed by atoms with E-state index in [4.69, 9.17) is 28.7 Å². The van der Waals surface area contributed by atoms with E-state index in [0.29, 0.717) is 28.5 Å². The third-order valence-corrected chi connectivity index (χ3v) is 4.72. The number of carbonyl (C=O) groups excluding carboxylic acids is 2. The molecule has 0 aliphatic carbocycles. The topological polar surface area (TPSA) is 162 Å². The SMILES string of the molecule is COc1cc(OC)c(C=CC(=O)Nc2ccc(OC)c(NC(=O)COP(=O)(O)O)c2)c(OC)c1. The Morgan fingerprint density at radius 3 is 2.06 bits per heavy atom. The quantitative estimate of drug-likeness (QED) is 0.268. The van der Waals surface area contributed by atoms with E-state index in [0.717, 1.165) is 0 Å². The first-order valence-electron chi connectivity index (χ1n) is 9.57. The largest absolute Gasteiger partial charge is 0.496 e. The number of ether oxygens (including phenoxy) is 4. The van der Waals surface area contributed by atoms with Crippen LogP contribution < -0.4 is 29.6 Å². The van der Waals surface area contributed by atoms with Crippen LogP contribution in [0.15, 0.2) is 36.4 Å². The highest BCUT2D eigenvalue weighted by atomic mass is 31.2. The molecule has 0 unspecified atom stereocenters. The smallest absolute Gasteiger partial charge is 0.470 e. The second-order valence-corrected chi connectivity index (χ2v) is 7.73. The summed E-state index contributed by atoms with van der Waals surface area (Å²) in [5.41, 5.74) is 0.992. The Morgan fingerprint density at radius 1 is 0.912 bits per heavy atom. The molecule has 2 rings (SSSR count). The van der Waals surface area contributed by atoms with Gasteiger partial charge in [0.2, 0.25) is 5.91 Å². The number of methoxy groups -OCH3 is 4. The highest BCUT2D eigenvalue weighted by molar-refractivity contribution is 7.46. The molecule has 0 saturated carbocycles. The zero-order chi connectivity index (χ0) is 25.3. The molecule has 0 aromatic heterocycles. The number of rotatable bonds is 11. The molecule has 0 radical (unpaired) electrons. The Balaban J connectivity index is 2.17. The second kappa shape index (κ2) is 12.1. The van der Waals surface area contributed by atoms with Crippen molar-refractivity contribution in [1.29, 1.82) is 0 Å². The average molecular weight is 496 g/mol. The highest BCUT2D eigenvalue weighted by Crippen LogP contribution is 2.36. The molecular weight excluding hydrogens is 471 g/mol. The van der Waals surface area contributed by atoms with Gasteiger partial charge in [-0.1, -0.05) is 0 Å². The number of phosphoric acid groups is 1. The predicted octanol–water partition coefficient (Wildman–Crippen LogP) is 2.42. The van der Waals surface area contributed by atoms with Gasteiger partial charge in [0.15, 0.2) is 0 Å². The molecule has 2 aromatic rings. The molecule has 0 aliphatic rings. The molecule has 0 spiro atoms. The van der Waals surface area contributed by atoms with Crippen LogP contribution in [0.4, 0.5) is 11.4 Å². The molecule has 0 aliphatic heterocycles. The number of amides is 2. The van der Waals surface area contributed by atoms with Gasteiger partial charge >= 0.3 is 7.82 Å². The molecule has 2 aromatic carbocycles. The van der Waals surface area contributed by atoms with E-state index in [9.17, 15) is 14.2 Å². The van der Waals surface area contributed by atoms with Gasteiger partial charge in [-0.25, -0.2) is 4.57 Å².